The van der Waals surface area contributed by atoms with Crippen LogP contribution in [0.5, 0.6) is 0 Å². The minimum Gasteiger partial charge on any atom is -0.288 e. The molecule has 3 aromatic rings. The van der Waals surface area contributed by atoms with Crippen molar-refractivity contribution in [3.63, 3.8) is 0 Å². The Kier molecular flexibility index (Phi) is 5.69. The molecule has 27 heavy (non-hydrogen) atoms. The zero-order valence-electron chi connectivity index (χ0n) is 16.0. The summed E-state index contributed by atoms with van der Waals surface area (Å²) in [5.74, 6) is 0. The number of rotatable bonds is 4. The molecule has 3 aromatic carbocycles. The molecule has 0 aliphatic heterocycles. The van der Waals surface area contributed by atoms with Gasteiger partial charge in [-0.1, -0.05) is 60.1 Å². The third kappa shape index (κ3) is 3.93. The summed E-state index contributed by atoms with van der Waals surface area (Å²) in [6, 6.07) is 19.4. The van der Waals surface area contributed by atoms with Gasteiger partial charge in [0.05, 0.1) is 0 Å². The molecular formula is C23H23ClNOP. The van der Waals surface area contributed by atoms with E-state index >= 15 is 0 Å². The highest BCUT2D eigenvalue weighted by Gasteiger charge is 2.32. The number of hydrogen-bond acceptors (Lipinski definition) is 1. The molecule has 0 N–H and O–H groups in total. The third-order valence-corrected chi connectivity index (χ3v) is 8.04. The normalized spacial score (nSPS) is 11.9. The van der Waals surface area contributed by atoms with Crippen molar-refractivity contribution in [2.24, 2.45) is 4.76 Å². The minimum atomic E-state index is -3.22. The molecule has 2 nitrogen and oxygen atoms in total. The molecule has 0 radical (unpaired) electrons. The van der Waals surface area contributed by atoms with E-state index in [1.54, 1.807) is 6.21 Å². The van der Waals surface area contributed by atoms with Crippen LogP contribution in [0.25, 0.3) is 0 Å². The molecular weight excluding hydrogens is 373 g/mol. The van der Waals surface area contributed by atoms with Crippen molar-refractivity contribution in [1.29, 1.82) is 0 Å². The Morgan fingerprint density at radius 2 is 1.15 bits per heavy atom. The summed E-state index contributed by atoms with van der Waals surface area (Å²) in [5.41, 5.74) is 4.85. The van der Waals surface area contributed by atoms with Gasteiger partial charge < -0.3 is 0 Å². The van der Waals surface area contributed by atoms with Crippen molar-refractivity contribution in [1.82, 2.24) is 0 Å². The molecule has 0 heterocycles. The summed E-state index contributed by atoms with van der Waals surface area (Å²) in [4.78, 5) is 0. The molecule has 0 spiro atoms. The summed E-state index contributed by atoms with van der Waals surface area (Å²) >= 11 is 5.98. The average Bonchev–Trinajstić information content (AvgIpc) is 2.61. The molecule has 0 bridgehead atoms. The van der Waals surface area contributed by atoms with Crippen LogP contribution in [0.15, 0.2) is 65.4 Å². The van der Waals surface area contributed by atoms with Gasteiger partial charge in [0.2, 0.25) is 7.29 Å². The SMILES string of the molecule is Cc1cccc(C)c1P(=O)(/N=C/c1ccc(Cl)cc1)c1c(C)cccc1C. The second kappa shape index (κ2) is 7.84. The Morgan fingerprint density at radius 3 is 1.56 bits per heavy atom. The van der Waals surface area contributed by atoms with E-state index in [-0.39, 0.29) is 0 Å². The lowest BCUT2D eigenvalue weighted by atomic mass is 10.1. The summed E-state index contributed by atoms with van der Waals surface area (Å²) in [6.45, 7) is 8.00. The van der Waals surface area contributed by atoms with E-state index in [1.807, 2.05) is 88.4 Å². The number of hydrogen-bond donors (Lipinski definition) is 0. The van der Waals surface area contributed by atoms with Crippen LogP contribution < -0.4 is 10.6 Å². The largest absolute Gasteiger partial charge is 0.288 e. The van der Waals surface area contributed by atoms with Crippen molar-refractivity contribution in [3.8, 4) is 0 Å². The molecule has 0 aliphatic rings. The first-order valence-electron chi connectivity index (χ1n) is 8.88. The summed E-state index contributed by atoms with van der Waals surface area (Å²) < 4.78 is 19.2. The molecule has 3 rings (SSSR count). The summed E-state index contributed by atoms with van der Waals surface area (Å²) in [7, 11) is -3.22. The van der Waals surface area contributed by atoms with E-state index in [9.17, 15) is 4.57 Å². The summed E-state index contributed by atoms with van der Waals surface area (Å²) in [6.07, 6.45) is 1.70. The lowest BCUT2D eigenvalue weighted by Crippen LogP contribution is -2.23. The van der Waals surface area contributed by atoms with E-state index in [4.69, 9.17) is 16.4 Å². The van der Waals surface area contributed by atoms with E-state index < -0.39 is 7.29 Å². The smallest absolute Gasteiger partial charge is 0.248 e. The molecule has 0 unspecified atom stereocenters. The Labute approximate surface area is 166 Å². The van der Waals surface area contributed by atoms with E-state index in [0.717, 1.165) is 38.4 Å². The minimum absolute atomic E-state index is 0.667. The highest BCUT2D eigenvalue weighted by molar-refractivity contribution is 7.78. The van der Waals surface area contributed by atoms with E-state index in [0.29, 0.717) is 5.02 Å². The molecule has 0 saturated carbocycles. The van der Waals surface area contributed by atoms with E-state index in [1.165, 1.54) is 0 Å². The van der Waals surface area contributed by atoms with Crippen LogP contribution in [0.3, 0.4) is 0 Å². The van der Waals surface area contributed by atoms with Crippen LogP contribution in [-0.2, 0) is 4.57 Å². The fraction of sp³-hybridized carbons (Fsp3) is 0.174. The van der Waals surface area contributed by atoms with Crippen LogP contribution in [-0.4, -0.2) is 6.21 Å². The fourth-order valence-corrected chi connectivity index (χ4v) is 6.58. The van der Waals surface area contributed by atoms with Gasteiger partial charge in [0.25, 0.3) is 0 Å². The first kappa shape index (κ1) is 19.6. The monoisotopic (exact) mass is 395 g/mol. The maximum atomic E-state index is 14.5. The Bertz CT molecular complexity index is 958. The van der Waals surface area contributed by atoms with Gasteiger partial charge in [-0.3, -0.25) is 4.57 Å². The predicted molar refractivity (Wildman–Crippen MR) is 118 cm³/mol. The van der Waals surface area contributed by atoms with Crippen LogP contribution >= 0.6 is 18.9 Å². The Hall–Kier alpha value is -2.15. The van der Waals surface area contributed by atoms with Crippen molar-refractivity contribution in [2.75, 3.05) is 0 Å². The van der Waals surface area contributed by atoms with Gasteiger partial charge in [0.1, 0.15) is 0 Å². The van der Waals surface area contributed by atoms with Gasteiger partial charge >= 0.3 is 0 Å². The number of benzene rings is 3. The van der Waals surface area contributed by atoms with Crippen molar-refractivity contribution in [3.05, 3.63) is 93.5 Å². The Balaban J connectivity index is 2.27. The predicted octanol–water partition coefficient (Wildman–Crippen LogP) is 5.92. The average molecular weight is 396 g/mol. The van der Waals surface area contributed by atoms with Crippen LogP contribution in [0.2, 0.25) is 5.02 Å². The molecule has 0 fully saturated rings. The standard InChI is InChI=1S/C23H23ClNOP/c1-16-7-5-8-17(2)22(16)27(26,23-18(3)9-6-10-19(23)4)25-15-20-11-13-21(24)14-12-20/h5-15H,1-4H3/b25-15+. The third-order valence-electron chi connectivity index (χ3n) is 4.72. The van der Waals surface area contributed by atoms with Crippen LogP contribution in [0.4, 0.5) is 0 Å². The van der Waals surface area contributed by atoms with Gasteiger partial charge in [0, 0.05) is 21.8 Å². The van der Waals surface area contributed by atoms with Crippen molar-refractivity contribution in [2.45, 2.75) is 27.7 Å². The quantitative estimate of drug-likeness (QED) is 0.398. The van der Waals surface area contributed by atoms with Gasteiger partial charge in [0.15, 0.2) is 0 Å². The molecule has 0 aromatic heterocycles. The highest BCUT2D eigenvalue weighted by Crippen LogP contribution is 2.48. The summed E-state index contributed by atoms with van der Waals surface area (Å²) in [5, 5.41) is 2.32. The second-order valence-electron chi connectivity index (χ2n) is 6.85. The lowest BCUT2D eigenvalue weighted by Gasteiger charge is -2.22. The Morgan fingerprint density at radius 1 is 0.741 bits per heavy atom. The molecule has 138 valence electrons. The van der Waals surface area contributed by atoms with Gasteiger partial charge in [-0.15, -0.1) is 0 Å². The zero-order chi connectivity index (χ0) is 19.6. The van der Waals surface area contributed by atoms with Gasteiger partial charge in [-0.2, -0.15) is 0 Å². The number of halogens is 1. The van der Waals surface area contributed by atoms with Gasteiger partial charge in [-0.05, 0) is 67.6 Å². The second-order valence-corrected chi connectivity index (χ2v) is 9.57. The maximum absolute atomic E-state index is 14.5. The van der Waals surface area contributed by atoms with Crippen molar-refractivity contribution < 1.29 is 4.57 Å². The molecule has 0 amide bonds. The number of aryl methyl sites for hydroxylation is 4. The fourth-order valence-electron chi connectivity index (χ4n) is 3.49. The molecule has 0 saturated heterocycles. The maximum Gasteiger partial charge on any atom is 0.248 e. The first-order chi connectivity index (χ1) is 12.8. The number of nitrogens with zero attached hydrogens (tertiary/aromatic N) is 1. The highest BCUT2D eigenvalue weighted by atomic mass is 35.5. The van der Waals surface area contributed by atoms with Gasteiger partial charge in [-0.25, -0.2) is 4.76 Å². The molecule has 4 heteroatoms. The molecule has 0 aliphatic carbocycles. The lowest BCUT2D eigenvalue weighted by molar-refractivity contribution is 0.588. The van der Waals surface area contributed by atoms with Crippen LogP contribution in [0, 0.1) is 27.7 Å². The van der Waals surface area contributed by atoms with Crippen molar-refractivity contribution >= 4 is 35.7 Å². The topological polar surface area (TPSA) is 29.4 Å². The van der Waals surface area contributed by atoms with Crippen LogP contribution in [0.1, 0.15) is 27.8 Å². The molecule has 0 atom stereocenters. The zero-order valence-corrected chi connectivity index (χ0v) is 17.7. The van der Waals surface area contributed by atoms with E-state index in [2.05, 4.69) is 0 Å². The first-order valence-corrected chi connectivity index (χ1v) is 10.9.